The average Bonchev–Trinajstić information content (AvgIpc) is 2.60. The van der Waals surface area contributed by atoms with Gasteiger partial charge < -0.3 is 19.0 Å². The zero-order valence-electron chi connectivity index (χ0n) is 13.9. The molecule has 0 saturated carbocycles. The average molecular weight is 394 g/mol. The summed E-state index contributed by atoms with van der Waals surface area (Å²) in [4.78, 5) is 5.37. The molecule has 0 bridgehead atoms. The van der Waals surface area contributed by atoms with Crippen molar-refractivity contribution in [3.63, 3.8) is 0 Å². The molecule has 0 N–H and O–H groups in total. The van der Waals surface area contributed by atoms with Gasteiger partial charge in [-0.15, -0.1) is 0 Å². The first-order valence-electron chi connectivity index (χ1n) is 7.46. The fourth-order valence-electron chi connectivity index (χ4n) is 2.10. The van der Waals surface area contributed by atoms with E-state index in [1.165, 1.54) is 0 Å². The third-order valence-corrected chi connectivity index (χ3v) is 3.72. The van der Waals surface area contributed by atoms with Crippen molar-refractivity contribution in [2.75, 3.05) is 20.8 Å². The number of hydrogen-bond donors (Lipinski definition) is 0. The van der Waals surface area contributed by atoms with Crippen LogP contribution in [0.3, 0.4) is 0 Å². The Balaban J connectivity index is 2.01. The summed E-state index contributed by atoms with van der Waals surface area (Å²) in [5.74, 6) is 2.13. The lowest BCUT2D eigenvalue weighted by Gasteiger charge is -2.09. The first-order chi connectivity index (χ1) is 11.7. The number of benzene rings is 2. The Morgan fingerprint density at radius 1 is 1.00 bits per heavy atom. The van der Waals surface area contributed by atoms with Gasteiger partial charge in [0.1, 0.15) is 12.4 Å². The van der Waals surface area contributed by atoms with Crippen molar-refractivity contribution in [3.05, 3.63) is 52.0 Å². The standard InChI is InChI=1S/C18H20BrNO4/c1-4-23-17-7-5-13(9-18(17)22-3)11-20-24-12-14-10-15(19)6-8-16(14)21-2/h5-11H,4,12H2,1-3H3/b20-11+. The highest BCUT2D eigenvalue weighted by Crippen LogP contribution is 2.27. The highest BCUT2D eigenvalue weighted by atomic mass is 79.9. The van der Waals surface area contributed by atoms with Crippen LogP contribution in [0.1, 0.15) is 18.1 Å². The van der Waals surface area contributed by atoms with E-state index in [-0.39, 0.29) is 0 Å². The van der Waals surface area contributed by atoms with Crippen molar-refractivity contribution in [1.29, 1.82) is 0 Å². The van der Waals surface area contributed by atoms with Crippen molar-refractivity contribution in [3.8, 4) is 17.2 Å². The van der Waals surface area contributed by atoms with E-state index in [9.17, 15) is 0 Å². The molecule has 2 rings (SSSR count). The topological polar surface area (TPSA) is 49.3 Å². The molecule has 0 unspecified atom stereocenters. The van der Waals surface area contributed by atoms with Crippen molar-refractivity contribution in [2.45, 2.75) is 13.5 Å². The van der Waals surface area contributed by atoms with E-state index in [4.69, 9.17) is 19.0 Å². The van der Waals surface area contributed by atoms with Crippen LogP contribution in [-0.4, -0.2) is 27.0 Å². The Labute approximate surface area is 150 Å². The minimum absolute atomic E-state index is 0.313. The van der Waals surface area contributed by atoms with Gasteiger partial charge >= 0.3 is 0 Å². The van der Waals surface area contributed by atoms with Gasteiger partial charge in [0.2, 0.25) is 0 Å². The summed E-state index contributed by atoms with van der Waals surface area (Å²) in [5.41, 5.74) is 1.77. The van der Waals surface area contributed by atoms with Crippen molar-refractivity contribution >= 4 is 22.1 Å². The molecule has 128 valence electrons. The molecule has 24 heavy (non-hydrogen) atoms. The lowest BCUT2D eigenvalue weighted by atomic mass is 10.2. The van der Waals surface area contributed by atoms with Gasteiger partial charge in [0, 0.05) is 15.6 Å². The molecule has 6 heteroatoms. The van der Waals surface area contributed by atoms with E-state index in [1.807, 2.05) is 43.3 Å². The van der Waals surface area contributed by atoms with Gasteiger partial charge in [-0.1, -0.05) is 21.1 Å². The molecular formula is C18H20BrNO4. The number of hydrogen-bond acceptors (Lipinski definition) is 5. The van der Waals surface area contributed by atoms with E-state index in [1.54, 1.807) is 20.4 Å². The quantitative estimate of drug-likeness (QED) is 0.492. The summed E-state index contributed by atoms with van der Waals surface area (Å²) < 4.78 is 17.1. The first-order valence-corrected chi connectivity index (χ1v) is 8.25. The normalized spacial score (nSPS) is 10.7. The molecule has 5 nitrogen and oxygen atoms in total. The molecule has 0 aliphatic heterocycles. The molecule has 0 saturated heterocycles. The molecule has 2 aromatic carbocycles. The predicted octanol–water partition coefficient (Wildman–Crippen LogP) is 4.42. The second kappa shape index (κ2) is 9.17. The Bertz CT molecular complexity index is 703. The molecule has 0 radical (unpaired) electrons. The molecule has 0 aliphatic rings. The Morgan fingerprint density at radius 3 is 2.46 bits per heavy atom. The van der Waals surface area contributed by atoms with Crippen LogP contribution >= 0.6 is 15.9 Å². The van der Waals surface area contributed by atoms with Gasteiger partial charge in [-0.25, -0.2) is 0 Å². The maximum Gasteiger partial charge on any atom is 0.161 e. The van der Waals surface area contributed by atoms with Crippen LogP contribution in [0.25, 0.3) is 0 Å². The minimum Gasteiger partial charge on any atom is -0.496 e. The summed E-state index contributed by atoms with van der Waals surface area (Å²) in [5, 5.41) is 4.00. The van der Waals surface area contributed by atoms with E-state index >= 15 is 0 Å². The Morgan fingerprint density at radius 2 is 1.75 bits per heavy atom. The van der Waals surface area contributed by atoms with Gasteiger partial charge in [0.05, 0.1) is 27.0 Å². The molecule has 0 fully saturated rings. The summed E-state index contributed by atoms with van der Waals surface area (Å²) in [6.45, 7) is 2.83. The van der Waals surface area contributed by atoms with E-state index in [0.717, 1.165) is 21.3 Å². The van der Waals surface area contributed by atoms with E-state index in [0.29, 0.717) is 24.7 Å². The number of halogens is 1. The second-order valence-corrected chi connectivity index (χ2v) is 5.72. The van der Waals surface area contributed by atoms with Gasteiger partial charge in [-0.2, -0.15) is 0 Å². The molecule has 0 atom stereocenters. The molecule has 0 spiro atoms. The van der Waals surface area contributed by atoms with Crippen LogP contribution in [0.15, 0.2) is 46.0 Å². The van der Waals surface area contributed by atoms with Crippen molar-refractivity contribution < 1.29 is 19.0 Å². The molecule has 0 heterocycles. The third-order valence-electron chi connectivity index (χ3n) is 3.23. The maximum absolute atomic E-state index is 5.48. The highest BCUT2D eigenvalue weighted by molar-refractivity contribution is 9.10. The zero-order chi connectivity index (χ0) is 17.4. The third kappa shape index (κ3) is 4.89. The zero-order valence-corrected chi connectivity index (χ0v) is 15.5. The minimum atomic E-state index is 0.313. The highest BCUT2D eigenvalue weighted by Gasteiger charge is 2.05. The Hall–Kier alpha value is -2.21. The number of ether oxygens (including phenoxy) is 3. The molecular weight excluding hydrogens is 374 g/mol. The van der Waals surface area contributed by atoms with Gasteiger partial charge in [0.25, 0.3) is 0 Å². The summed E-state index contributed by atoms with van der Waals surface area (Å²) in [6.07, 6.45) is 1.63. The van der Waals surface area contributed by atoms with Crippen molar-refractivity contribution in [1.82, 2.24) is 0 Å². The van der Waals surface area contributed by atoms with Gasteiger partial charge in [-0.05, 0) is 43.3 Å². The van der Waals surface area contributed by atoms with Crippen LogP contribution in [0, 0.1) is 0 Å². The second-order valence-electron chi connectivity index (χ2n) is 4.81. The lowest BCUT2D eigenvalue weighted by molar-refractivity contribution is 0.130. The molecule has 2 aromatic rings. The van der Waals surface area contributed by atoms with Gasteiger partial charge in [0.15, 0.2) is 11.5 Å². The summed E-state index contributed by atoms with van der Waals surface area (Å²) in [6, 6.07) is 11.3. The summed E-state index contributed by atoms with van der Waals surface area (Å²) in [7, 11) is 3.23. The SMILES string of the molecule is CCOc1ccc(/C=N/OCc2cc(Br)ccc2OC)cc1OC. The van der Waals surface area contributed by atoms with Crippen LogP contribution in [0.4, 0.5) is 0 Å². The van der Waals surface area contributed by atoms with E-state index < -0.39 is 0 Å². The first kappa shape index (κ1) is 18.1. The largest absolute Gasteiger partial charge is 0.496 e. The van der Waals surface area contributed by atoms with Crippen molar-refractivity contribution in [2.24, 2.45) is 5.16 Å². The molecule has 0 aliphatic carbocycles. The lowest BCUT2D eigenvalue weighted by Crippen LogP contribution is -1.96. The number of oxime groups is 1. The Kier molecular flexibility index (Phi) is 6.93. The van der Waals surface area contributed by atoms with Crippen LogP contribution in [-0.2, 0) is 11.4 Å². The predicted molar refractivity (Wildman–Crippen MR) is 97.2 cm³/mol. The number of nitrogens with zero attached hydrogens (tertiary/aromatic N) is 1. The smallest absolute Gasteiger partial charge is 0.161 e. The fourth-order valence-corrected chi connectivity index (χ4v) is 2.51. The fraction of sp³-hybridized carbons (Fsp3) is 0.278. The van der Waals surface area contributed by atoms with Crippen LogP contribution in [0.2, 0.25) is 0 Å². The number of rotatable bonds is 8. The van der Waals surface area contributed by atoms with E-state index in [2.05, 4.69) is 21.1 Å². The maximum atomic E-state index is 5.48. The summed E-state index contributed by atoms with van der Waals surface area (Å²) >= 11 is 3.43. The molecule has 0 amide bonds. The van der Waals surface area contributed by atoms with Crippen LogP contribution in [0.5, 0.6) is 17.2 Å². The van der Waals surface area contributed by atoms with Gasteiger partial charge in [-0.3, -0.25) is 0 Å². The number of methoxy groups -OCH3 is 2. The molecule has 0 aromatic heterocycles. The van der Waals surface area contributed by atoms with Crippen LogP contribution < -0.4 is 14.2 Å². The monoisotopic (exact) mass is 393 g/mol.